The van der Waals surface area contributed by atoms with Crippen LogP contribution in [0.3, 0.4) is 0 Å². The van der Waals surface area contributed by atoms with Gasteiger partial charge in [0.05, 0.1) is 19.3 Å². The summed E-state index contributed by atoms with van der Waals surface area (Å²) in [7, 11) is 0. The monoisotopic (exact) mass is 265 g/mol. The minimum Gasteiger partial charge on any atom is -0.444 e. The second-order valence-electron chi connectivity index (χ2n) is 4.97. The second kappa shape index (κ2) is 7.28. The summed E-state index contributed by atoms with van der Waals surface area (Å²) in [5, 5.41) is 3.11. The van der Waals surface area contributed by atoms with E-state index in [0.717, 1.165) is 38.1 Å². The molecule has 0 bridgehead atoms. The van der Waals surface area contributed by atoms with Crippen molar-refractivity contribution < 1.29 is 9.21 Å². The van der Waals surface area contributed by atoms with Crippen molar-refractivity contribution in [1.29, 1.82) is 0 Å². The number of carbonyl (C=O) groups excluding carboxylic acids is 1. The fourth-order valence-corrected chi connectivity index (χ4v) is 2.30. The van der Waals surface area contributed by atoms with E-state index in [2.05, 4.69) is 10.3 Å². The van der Waals surface area contributed by atoms with E-state index >= 15 is 0 Å². The van der Waals surface area contributed by atoms with Gasteiger partial charge in [0.1, 0.15) is 5.76 Å². The molecule has 5 nitrogen and oxygen atoms in total. The second-order valence-corrected chi connectivity index (χ2v) is 4.97. The largest absolute Gasteiger partial charge is 0.444 e. The number of amides is 1. The number of hydrogen-bond acceptors (Lipinski definition) is 4. The zero-order valence-electron chi connectivity index (χ0n) is 11.7. The standard InChI is InChI=1S/C14H23N3O2/c1-2-12-9-16-13(19-12)10-15-11-14(18)17-7-5-3-4-6-8-17/h9,15H,2-8,10-11H2,1H3. The lowest BCUT2D eigenvalue weighted by Crippen LogP contribution is -2.38. The molecule has 0 radical (unpaired) electrons. The molecule has 1 aromatic heterocycles. The van der Waals surface area contributed by atoms with Gasteiger partial charge < -0.3 is 9.32 Å². The molecule has 106 valence electrons. The van der Waals surface area contributed by atoms with Gasteiger partial charge in [-0.25, -0.2) is 4.98 Å². The lowest BCUT2D eigenvalue weighted by molar-refractivity contribution is -0.130. The highest BCUT2D eigenvalue weighted by molar-refractivity contribution is 5.78. The number of hydrogen-bond donors (Lipinski definition) is 1. The molecule has 0 atom stereocenters. The SMILES string of the molecule is CCc1cnc(CNCC(=O)N2CCCCCC2)o1. The van der Waals surface area contributed by atoms with Gasteiger partial charge >= 0.3 is 0 Å². The maximum absolute atomic E-state index is 12.0. The third kappa shape index (κ3) is 4.35. The molecule has 1 fully saturated rings. The number of aromatic nitrogens is 1. The van der Waals surface area contributed by atoms with Gasteiger partial charge in [0, 0.05) is 19.5 Å². The van der Waals surface area contributed by atoms with Crippen LogP contribution in [0.25, 0.3) is 0 Å². The molecular formula is C14H23N3O2. The molecule has 2 rings (SSSR count). The summed E-state index contributed by atoms with van der Waals surface area (Å²) >= 11 is 0. The van der Waals surface area contributed by atoms with Crippen molar-refractivity contribution in [2.75, 3.05) is 19.6 Å². The smallest absolute Gasteiger partial charge is 0.236 e. The number of rotatable bonds is 5. The van der Waals surface area contributed by atoms with E-state index in [9.17, 15) is 4.79 Å². The first-order valence-electron chi connectivity index (χ1n) is 7.21. The fourth-order valence-electron chi connectivity index (χ4n) is 2.30. The Kier molecular flexibility index (Phi) is 5.39. The topological polar surface area (TPSA) is 58.4 Å². The Morgan fingerprint density at radius 1 is 1.37 bits per heavy atom. The van der Waals surface area contributed by atoms with Crippen molar-refractivity contribution in [3.8, 4) is 0 Å². The van der Waals surface area contributed by atoms with Crippen LogP contribution < -0.4 is 5.32 Å². The molecule has 1 aliphatic heterocycles. The molecule has 0 saturated carbocycles. The Balaban J connectivity index is 1.70. The minimum atomic E-state index is 0.184. The normalized spacial score (nSPS) is 16.4. The highest BCUT2D eigenvalue weighted by atomic mass is 16.4. The van der Waals surface area contributed by atoms with Gasteiger partial charge in [-0.2, -0.15) is 0 Å². The van der Waals surface area contributed by atoms with E-state index in [1.165, 1.54) is 12.8 Å². The van der Waals surface area contributed by atoms with Crippen LogP contribution in [-0.4, -0.2) is 35.4 Å². The van der Waals surface area contributed by atoms with Gasteiger partial charge in [0.15, 0.2) is 0 Å². The molecule has 2 heterocycles. The van der Waals surface area contributed by atoms with Crippen molar-refractivity contribution in [2.24, 2.45) is 0 Å². The molecule has 1 aliphatic rings. The molecule has 1 N–H and O–H groups in total. The summed E-state index contributed by atoms with van der Waals surface area (Å²) in [5.41, 5.74) is 0. The highest BCUT2D eigenvalue weighted by Gasteiger charge is 2.15. The zero-order chi connectivity index (χ0) is 13.5. The lowest BCUT2D eigenvalue weighted by atomic mass is 10.2. The molecule has 0 aliphatic carbocycles. The first-order chi connectivity index (χ1) is 9.29. The molecule has 0 unspecified atom stereocenters. The quantitative estimate of drug-likeness (QED) is 0.881. The highest BCUT2D eigenvalue weighted by Crippen LogP contribution is 2.09. The van der Waals surface area contributed by atoms with Gasteiger partial charge in [-0.3, -0.25) is 10.1 Å². The summed E-state index contributed by atoms with van der Waals surface area (Å²) in [6.07, 6.45) is 7.34. The summed E-state index contributed by atoms with van der Waals surface area (Å²) in [4.78, 5) is 18.1. The molecule has 19 heavy (non-hydrogen) atoms. The molecule has 0 aromatic carbocycles. The molecule has 1 amide bonds. The Labute approximate surface area is 114 Å². The van der Waals surface area contributed by atoms with Gasteiger partial charge in [-0.1, -0.05) is 19.8 Å². The third-order valence-electron chi connectivity index (χ3n) is 3.46. The van der Waals surface area contributed by atoms with Gasteiger partial charge in [-0.05, 0) is 12.8 Å². The summed E-state index contributed by atoms with van der Waals surface area (Å²) in [6.45, 7) is 4.71. The lowest BCUT2D eigenvalue weighted by Gasteiger charge is -2.20. The van der Waals surface area contributed by atoms with E-state index in [1.807, 2.05) is 11.8 Å². The van der Waals surface area contributed by atoms with Crippen LogP contribution in [0, 0.1) is 0 Å². The van der Waals surface area contributed by atoms with Crippen LogP contribution in [0.4, 0.5) is 0 Å². The maximum atomic E-state index is 12.0. The van der Waals surface area contributed by atoms with Crippen LogP contribution in [0.15, 0.2) is 10.6 Å². The molecule has 1 aromatic rings. The zero-order valence-corrected chi connectivity index (χ0v) is 11.7. The number of carbonyl (C=O) groups is 1. The Morgan fingerprint density at radius 3 is 2.74 bits per heavy atom. The molecular weight excluding hydrogens is 242 g/mol. The molecule has 1 saturated heterocycles. The predicted octanol–water partition coefficient (Wildman–Crippen LogP) is 1.73. The predicted molar refractivity (Wildman–Crippen MR) is 72.6 cm³/mol. The maximum Gasteiger partial charge on any atom is 0.236 e. The van der Waals surface area contributed by atoms with Gasteiger partial charge in [-0.15, -0.1) is 0 Å². The summed E-state index contributed by atoms with van der Waals surface area (Å²) in [5.74, 6) is 1.72. The number of nitrogens with one attached hydrogen (secondary N) is 1. The van der Waals surface area contributed by atoms with E-state index < -0.39 is 0 Å². The number of nitrogens with zero attached hydrogens (tertiary/aromatic N) is 2. The number of oxazole rings is 1. The molecule has 5 heteroatoms. The van der Waals surface area contributed by atoms with Crippen LogP contribution in [0.5, 0.6) is 0 Å². The average Bonchev–Trinajstić information content (AvgIpc) is 2.71. The van der Waals surface area contributed by atoms with E-state index in [-0.39, 0.29) is 5.91 Å². The summed E-state index contributed by atoms with van der Waals surface area (Å²) in [6, 6.07) is 0. The first kappa shape index (κ1) is 14.1. The minimum absolute atomic E-state index is 0.184. The van der Waals surface area contributed by atoms with Crippen LogP contribution in [0.1, 0.15) is 44.3 Å². The van der Waals surface area contributed by atoms with Crippen molar-refractivity contribution in [2.45, 2.75) is 45.6 Å². The Hall–Kier alpha value is -1.36. The average molecular weight is 265 g/mol. The van der Waals surface area contributed by atoms with Crippen molar-refractivity contribution in [1.82, 2.24) is 15.2 Å². The number of aryl methyl sites for hydroxylation is 1. The van der Waals surface area contributed by atoms with Crippen molar-refractivity contribution >= 4 is 5.91 Å². The van der Waals surface area contributed by atoms with Gasteiger partial charge in [0.25, 0.3) is 0 Å². The number of likely N-dealkylation sites (tertiary alicyclic amines) is 1. The van der Waals surface area contributed by atoms with Crippen molar-refractivity contribution in [3.63, 3.8) is 0 Å². The van der Waals surface area contributed by atoms with Gasteiger partial charge in [0.2, 0.25) is 11.8 Å². The van der Waals surface area contributed by atoms with E-state index in [0.29, 0.717) is 19.0 Å². The van der Waals surface area contributed by atoms with E-state index in [1.54, 1.807) is 6.20 Å². The van der Waals surface area contributed by atoms with E-state index in [4.69, 9.17) is 4.42 Å². The van der Waals surface area contributed by atoms with Crippen LogP contribution >= 0.6 is 0 Å². The van der Waals surface area contributed by atoms with Crippen LogP contribution in [0.2, 0.25) is 0 Å². The Bertz CT molecular complexity index is 395. The first-order valence-corrected chi connectivity index (χ1v) is 7.21. The molecule has 0 spiro atoms. The van der Waals surface area contributed by atoms with Crippen LogP contribution in [-0.2, 0) is 17.8 Å². The third-order valence-corrected chi connectivity index (χ3v) is 3.46. The summed E-state index contributed by atoms with van der Waals surface area (Å²) < 4.78 is 5.48. The Morgan fingerprint density at radius 2 is 2.11 bits per heavy atom. The van der Waals surface area contributed by atoms with Crippen molar-refractivity contribution in [3.05, 3.63) is 17.8 Å². The fraction of sp³-hybridized carbons (Fsp3) is 0.714.